The summed E-state index contributed by atoms with van der Waals surface area (Å²) in [4.78, 5) is 25.7. The van der Waals surface area contributed by atoms with Crippen LogP contribution in [-0.4, -0.2) is 33.9 Å². The molecule has 2 aromatic heterocycles. The Morgan fingerprint density at radius 3 is 2.89 bits per heavy atom. The summed E-state index contributed by atoms with van der Waals surface area (Å²) in [5.41, 5.74) is 14.1. The smallest absolute Gasteiger partial charge is 0.259 e. The quantitative estimate of drug-likeness (QED) is 0.396. The van der Waals surface area contributed by atoms with Crippen LogP contribution in [0.3, 0.4) is 0 Å². The van der Waals surface area contributed by atoms with Crippen LogP contribution >= 0.6 is 0 Å². The van der Waals surface area contributed by atoms with Crippen molar-refractivity contribution in [1.82, 2.24) is 15.1 Å². The molecule has 1 aromatic carbocycles. The Balaban J connectivity index is 1.56. The Morgan fingerprint density at radius 1 is 1.32 bits per heavy atom. The molecule has 0 spiro atoms. The van der Waals surface area contributed by atoms with Gasteiger partial charge in [-0.05, 0) is 30.7 Å². The molecule has 1 aliphatic rings. The van der Waals surface area contributed by atoms with Crippen molar-refractivity contribution in [3.8, 4) is 0 Å². The van der Waals surface area contributed by atoms with Crippen molar-refractivity contribution >= 4 is 28.8 Å². The SMILES string of the molecule is COC1=CCC=CC=C1C(=O)Nc1cnc(C(N)=CC(=NCc2ccccc2F)c2ccon2)nc1N. The number of nitrogens with zero attached hydrogens (tertiary/aromatic N) is 4. The highest BCUT2D eigenvalue weighted by Crippen LogP contribution is 2.21. The van der Waals surface area contributed by atoms with E-state index in [-0.39, 0.29) is 35.4 Å². The molecule has 10 nitrogen and oxygen atoms in total. The number of aromatic nitrogens is 3. The van der Waals surface area contributed by atoms with Crippen LogP contribution in [0.5, 0.6) is 0 Å². The molecule has 0 bridgehead atoms. The fraction of sp³-hybridized carbons (Fsp3) is 0.115. The molecule has 5 N–H and O–H groups in total. The maximum absolute atomic E-state index is 14.0. The number of rotatable bonds is 8. The van der Waals surface area contributed by atoms with E-state index in [1.54, 1.807) is 42.5 Å². The predicted molar refractivity (Wildman–Crippen MR) is 137 cm³/mol. The van der Waals surface area contributed by atoms with E-state index in [1.807, 2.05) is 6.08 Å². The van der Waals surface area contributed by atoms with Gasteiger partial charge in [-0.15, -0.1) is 0 Å². The number of anilines is 2. The van der Waals surface area contributed by atoms with Crippen LogP contribution in [0.4, 0.5) is 15.9 Å². The summed E-state index contributed by atoms with van der Waals surface area (Å²) >= 11 is 0. The van der Waals surface area contributed by atoms with E-state index in [0.717, 1.165) is 0 Å². The number of amides is 1. The third kappa shape index (κ3) is 6.14. The molecular weight excluding hydrogens is 477 g/mol. The van der Waals surface area contributed by atoms with Crippen LogP contribution in [0.2, 0.25) is 0 Å². The van der Waals surface area contributed by atoms with Crippen LogP contribution in [0.15, 0.2) is 94.0 Å². The van der Waals surface area contributed by atoms with E-state index < -0.39 is 5.91 Å². The zero-order chi connectivity index (χ0) is 26.2. The zero-order valence-corrected chi connectivity index (χ0v) is 19.9. The van der Waals surface area contributed by atoms with Crippen LogP contribution in [0.25, 0.3) is 5.70 Å². The summed E-state index contributed by atoms with van der Waals surface area (Å²) in [7, 11) is 1.49. The number of benzene rings is 1. The first-order chi connectivity index (χ1) is 18.0. The molecule has 0 unspecified atom stereocenters. The molecule has 37 heavy (non-hydrogen) atoms. The molecule has 0 radical (unpaired) electrons. The number of methoxy groups -OCH3 is 1. The van der Waals surface area contributed by atoms with Crippen LogP contribution in [0.1, 0.15) is 23.5 Å². The molecule has 0 saturated heterocycles. The minimum absolute atomic E-state index is 0.00805. The Kier molecular flexibility index (Phi) is 7.84. The van der Waals surface area contributed by atoms with E-state index in [0.29, 0.717) is 34.7 Å². The first kappa shape index (κ1) is 25.0. The summed E-state index contributed by atoms with van der Waals surface area (Å²) in [6.45, 7) is 0.0512. The molecule has 0 atom stereocenters. The standard InChI is InChI=1S/C26H24FN7O3/c1-36-23-10-4-2-3-8-17(23)26(35)32-22-15-31-25(33-24(22)29)19(28)13-21(20-11-12-37-34-20)30-14-16-7-5-6-9-18(16)27/h2-3,5-13,15H,4,14,28H2,1H3,(H,32,35)(H2,29,31,33). The average molecular weight is 502 g/mol. The highest BCUT2D eigenvalue weighted by atomic mass is 19.1. The van der Waals surface area contributed by atoms with Crippen LogP contribution in [0, 0.1) is 5.82 Å². The number of ether oxygens (including phenoxy) is 1. The Morgan fingerprint density at radius 2 is 2.16 bits per heavy atom. The summed E-state index contributed by atoms with van der Waals surface area (Å²) < 4.78 is 24.3. The lowest BCUT2D eigenvalue weighted by Gasteiger charge is -2.12. The second-order valence-corrected chi connectivity index (χ2v) is 7.74. The second kappa shape index (κ2) is 11.6. The molecule has 188 valence electrons. The third-order valence-corrected chi connectivity index (χ3v) is 5.26. The van der Waals surface area contributed by atoms with E-state index in [9.17, 15) is 9.18 Å². The van der Waals surface area contributed by atoms with Gasteiger partial charge in [0.2, 0.25) is 0 Å². The van der Waals surface area contributed by atoms with Gasteiger partial charge in [0.15, 0.2) is 11.6 Å². The fourth-order valence-corrected chi connectivity index (χ4v) is 3.36. The topological polar surface area (TPSA) is 155 Å². The third-order valence-electron chi connectivity index (χ3n) is 5.26. The second-order valence-electron chi connectivity index (χ2n) is 7.74. The molecule has 0 aliphatic heterocycles. The number of aliphatic imine (C=N–C) groups is 1. The summed E-state index contributed by atoms with van der Waals surface area (Å²) in [6, 6.07) is 7.91. The van der Waals surface area contributed by atoms with Gasteiger partial charge in [0.05, 0.1) is 36.8 Å². The van der Waals surface area contributed by atoms with Gasteiger partial charge in [-0.2, -0.15) is 0 Å². The number of halogens is 1. The lowest BCUT2D eigenvalue weighted by atomic mass is 10.2. The van der Waals surface area contributed by atoms with Crippen molar-refractivity contribution in [2.45, 2.75) is 13.0 Å². The van der Waals surface area contributed by atoms with Gasteiger partial charge in [-0.1, -0.05) is 35.5 Å². The normalized spacial score (nSPS) is 14.0. The Bertz CT molecular complexity index is 1440. The van der Waals surface area contributed by atoms with Crippen molar-refractivity contribution in [3.05, 3.63) is 107 Å². The van der Waals surface area contributed by atoms with Gasteiger partial charge in [-0.25, -0.2) is 14.4 Å². The predicted octanol–water partition coefficient (Wildman–Crippen LogP) is 3.53. The van der Waals surface area contributed by atoms with Crippen molar-refractivity contribution < 1.29 is 18.4 Å². The number of hydrogen-bond donors (Lipinski definition) is 3. The van der Waals surface area contributed by atoms with Gasteiger partial charge in [0.1, 0.15) is 29.2 Å². The molecule has 2 heterocycles. The minimum Gasteiger partial charge on any atom is -0.496 e. The molecule has 0 fully saturated rings. The number of allylic oxidation sites excluding steroid dienone is 5. The monoisotopic (exact) mass is 501 g/mol. The number of hydrogen-bond acceptors (Lipinski definition) is 9. The lowest BCUT2D eigenvalue weighted by molar-refractivity contribution is -0.112. The number of nitrogens with two attached hydrogens (primary N) is 2. The van der Waals surface area contributed by atoms with E-state index in [4.69, 9.17) is 20.7 Å². The molecule has 3 aromatic rings. The van der Waals surface area contributed by atoms with E-state index in [1.165, 1.54) is 31.7 Å². The molecular formula is C26H24FN7O3. The average Bonchev–Trinajstić information content (AvgIpc) is 3.33. The van der Waals surface area contributed by atoms with Gasteiger partial charge in [0.25, 0.3) is 5.91 Å². The maximum atomic E-state index is 14.0. The Labute approximate surface area is 211 Å². The summed E-state index contributed by atoms with van der Waals surface area (Å²) in [5.74, 6) is -0.249. The van der Waals surface area contributed by atoms with E-state index >= 15 is 0 Å². The fourth-order valence-electron chi connectivity index (χ4n) is 3.36. The molecule has 4 rings (SSSR count). The maximum Gasteiger partial charge on any atom is 0.259 e. The minimum atomic E-state index is -0.431. The van der Waals surface area contributed by atoms with Crippen molar-refractivity contribution in [3.63, 3.8) is 0 Å². The Hall–Kier alpha value is -5.06. The summed E-state index contributed by atoms with van der Waals surface area (Å²) in [5, 5.41) is 6.58. The first-order valence-corrected chi connectivity index (χ1v) is 11.2. The zero-order valence-electron chi connectivity index (χ0n) is 19.9. The lowest BCUT2D eigenvalue weighted by Crippen LogP contribution is -2.18. The first-order valence-electron chi connectivity index (χ1n) is 11.2. The van der Waals surface area contributed by atoms with Crippen LogP contribution in [-0.2, 0) is 16.1 Å². The van der Waals surface area contributed by atoms with Gasteiger partial charge in [-0.3, -0.25) is 9.79 Å². The van der Waals surface area contributed by atoms with Gasteiger partial charge >= 0.3 is 0 Å². The highest BCUT2D eigenvalue weighted by Gasteiger charge is 2.18. The number of carbonyl (C=O) groups excluding carboxylic acids is 1. The van der Waals surface area contributed by atoms with Crippen molar-refractivity contribution in [2.75, 3.05) is 18.2 Å². The molecule has 0 saturated carbocycles. The van der Waals surface area contributed by atoms with Crippen molar-refractivity contribution in [1.29, 1.82) is 0 Å². The highest BCUT2D eigenvalue weighted by molar-refractivity contribution is 6.10. The molecule has 11 heteroatoms. The number of carbonyl (C=O) groups is 1. The van der Waals surface area contributed by atoms with Gasteiger partial charge < -0.3 is 26.0 Å². The largest absolute Gasteiger partial charge is 0.496 e. The van der Waals surface area contributed by atoms with E-state index in [2.05, 4.69) is 25.4 Å². The van der Waals surface area contributed by atoms with Gasteiger partial charge in [0, 0.05) is 11.6 Å². The molecule has 1 amide bonds. The number of nitrogen functional groups attached to an aromatic ring is 1. The number of nitrogens with one attached hydrogen (secondary N) is 1. The molecule has 1 aliphatic carbocycles. The van der Waals surface area contributed by atoms with Crippen molar-refractivity contribution in [2.24, 2.45) is 10.7 Å². The summed E-state index contributed by atoms with van der Waals surface area (Å²) in [6.07, 6.45) is 12.0. The van der Waals surface area contributed by atoms with Crippen LogP contribution < -0.4 is 16.8 Å².